The van der Waals surface area contributed by atoms with Gasteiger partial charge in [0.25, 0.3) is 5.78 Å². The minimum atomic E-state index is -0.832. The van der Waals surface area contributed by atoms with Crippen molar-refractivity contribution in [2.45, 2.75) is 45.8 Å². The molecule has 116 valence electrons. The molecule has 3 heterocycles. The highest BCUT2D eigenvalue weighted by molar-refractivity contribution is 5.81. The van der Waals surface area contributed by atoms with E-state index in [0.29, 0.717) is 18.0 Å². The first-order valence-corrected chi connectivity index (χ1v) is 7.02. The number of ether oxygens (including phenoxy) is 2. The zero-order valence-electron chi connectivity index (χ0n) is 12.6. The van der Waals surface area contributed by atoms with E-state index >= 15 is 0 Å². The van der Waals surface area contributed by atoms with E-state index in [9.17, 15) is 9.59 Å². The van der Waals surface area contributed by atoms with Gasteiger partial charge in [-0.05, 0) is 26.8 Å². The second-order valence-corrected chi connectivity index (χ2v) is 5.42. The Morgan fingerprint density at radius 3 is 2.91 bits per heavy atom. The maximum atomic E-state index is 11.9. The molecule has 0 aliphatic carbocycles. The number of hydrogen-bond acceptors (Lipinski definition) is 7. The van der Waals surface area contributed by atoms with Crippen LogP contribution in [0.15, 0.2) is 6.07 Å². The molecule has 0 saturated carbocycles. The van der Waals surface area contributed by atoms with Crippen molar-refractivity contribution < 1.29 is 19.1 Å². The fourth-order valence-corrected chi connectivity index (χ4v) is 2.43. The number of aryl methyl sites for hydroxylation is 2. The summed E-state index contributed by atoms with van der Waals surface area (Å²) in [4.78, 5) is 31.8. The molecule has 8 nitrogen and oxygen atoms in total. The number of rotatable bonds is 3. The number of fused-ring (bicyclic) bond motifs is 1. The minimum Gasteiger partial charge on any atom is -0.460 e. The molecule has 3 rings (SSSR count). The third-order valence-corrected chi connectivity index (χ3v) is 3.36. The minimum absolute atomic E-state index is 0.111. The summed E-state index contributed by atoms with van der Waals surface area (Å²) in [6, 6.07) is 1.87. The Labute approximate surface area is 126 Å². The van der Waals surface area contributed by atoms with Gasteiger partial charge in [0.05, 0.1) is 0 Å². The third kappa shape index (κ3) is 2.76. The van der Waals surface area contributed by atoms with Crippen molar-refractivity contribution in [1.29, 1.82) is 0 Å². The molecule has 2 unspecified atom stereocenters. The topological polar surface area (TPSA) is 95.7 Å². The first kappa shape index (κ1) is 14.4. The van der Waals surface area contributed by atoms with Gasteiger partial charge < -0.3 is 9.47 Å². The Kier molecular flexibility index (Phi) is 3.51. The fraction of sp³-hybridized carbons (Fsp3) is 0.500. The Bertz CT molecular complexity index is 755. The number of hydrogen-bond donors (Lipinski definition) is 0. The van der Waals surface area contributed by atoms with Crippen LogP contribution in [0.2, 0.25) is 0 Å². The molecule has 2 aromatic rings. The average molecular weight is 304 g/mol. The summed E-state index contributed by atoms with van der Waals surface area (Å²) < 4.78 is 11.6. The van der Waals surface area contributed by atoms with Crippen LogP contribution in [-0.2, 0) is 25.5 Å². The second kappa shape index (κ2) is 5.36. The Hall–Kier alpha value is -2.51. The zero-order chi connectivity index (χ0) is 15.9. The van der Waals surface area contributed by atoms with Gasteiger partial charge in [-0.2, -0.15) is 4.98 Å². The van der Waals surface area contributed by atoms with Crippen LogP contribution in [-0.4, -0.2) is 43.7 Å². The predicted molar refractivity (Wildman–Crippen MR) is 74.0 cm³/mol. The fourth-order valence-electron chi connectivity index (χ4n) is 2.43. The van der Waals surface area contributed by atoms with Gasteiger partial charge in [0.2, 0.25) is 6.10 Å². The van der Waals surface area contributed by atoms with Gasteiger partial charge in [0.1, 0.15) is 12.5 Å². The number of cyclic esters (lactones) is 1. The largest absolute Gasteiger partial charge is 0.460 e. The lowest BCUT2D eigenvalue weighted by Crippen LogP contribution is -2.24. The average Bonchev–Trinajstić information content (AvgIpc) is 2.93. The van der Waals surface area contributed by atoms with Crippen molar-refractivity contribution >= 4 is 17.7 Å². The van der Waals surface area contributed by atoms with E-state index in [0.717, 1.165) is 11.4 Å². The lowest BCUT2D eigenvalue weighted by molar-refractivity contribution is -0.160. The second-order valence-electron chi connectivity index (χ2n) is 5.42. The maximum Gasteiger partial charge on any atom is 0.347 e. The van der Waals surface area contributed by atoms with Crippen LogP contribution in [0.1, 0.15) is 30.6 Å². The van der Waals surface area contributed by atoms with E-state index < -0.39 is 18.0 Å². The first-order valence-electron chi connectivity index (χ1n) is 7.02. The van der Waals surface area contributed by atoms with Gasteiger partial charge in [-0.1, -0.05) is 0 Å². The lowest BCUT2D eigenvalue weighted by Gasteiger charge is -2.06. The predicted octanol–water partition coefficient (Wildman–Crippen LogP) is 0.531. The van der Waals surface area contributed by atoms with E-state index in [-0.39, 0.29) is 12.5 Å². The summed E-state index contributed by atoms with van der Waals surface area (Å²) >= 11 is 0. The molecule has 1 fully saturated rings. The molecule has 22 heavy (non-hydrogen) atoms. The van der Waals surface area contributed by atoms with Crippen molar-refractivity contribution in [3.8, 4) is 0 Å². The molecule has 0 N–H and O–H groups in total. The van der Waals surface area contributed by atoms with Gasteiger partial charge in [-0.25, -0.2) is 14.3 Å². The summed E-state index contributed by atoms with van der Waals surface area (Å²) in [5.74, 6) is -0.307. The van der Waals surface area contributed by atoms with Gasteiger partial charge in [-0.15, -0.1) is 5.10 Å². The van der Waals surface area contributed by atoms with Gasteiger partial charge >= 0.3 is 11.9 Å². The van der Waals surface area contributed by atoms with E-state index in [1.807, 2.05) is 19.9 Å². The number of nitrogens with zero attached hydrogens (tertiary/aromatic N) is 4. The number of carbonyl (C=O) groups is 2. The summed E-state index contributed by atoms with van der Waals surface area (Å²) in [6.45, 7) is 5.50. The smallest absolute Gasteiger partial charge is 0.347 e. The number of esters is 2. The molecule has 8 heteroatoms. The SMILES string of the molecule is Cc1cc(C)n2nc(CC(=O)OC3CC(C)OC3=O)nc2n1. The quantitative estimate of drug-likeness (QED) is 0.763. The highest BCUT2D eigenvalue weighted by Crippen LogP contribution is 2.17. The highest BCUT2D eigenvalue weighted by Gasteiger charge is 2.35. The summed E-state index contributed by atoms with van der Waals surface area (Å²) in [7, 11) is 0. The zero-order valence-corrected chi connectivity index (χ0v) is 12.6. The molecule has 0 amide bonds. The van der Waals surface area contributed by atoms with Crippen LogP contribution in [0, 0.1) is 13.8 Å². The standard InChI is InChI=1S/C14H16N4O4/c1-7-4-8(2)18-14(15-7)16-11(17-18)6-12(19)22-10-5-9(3)21-13(10)20/h4,9-10H,5-6H2,1-3H3. The van der Waals surface area contributed by atoms with Gasteiger partial charge in [0.15, 0.2) is 5.82 Å². The van der Waals surface area contributed by atoms with Crippen molar-refractivity contribution in [2.75, 3.05) is 0 Å². The molecule has 2 atom stereocenters. The molecule has 0 aromatic carbocycles. The van der Waals surface area contributed by atoms with Crippen LogP contribution in [0.3, 0.4) is 0 Å². The van der Waals surface area contributed by atoms with E-state index in [4.69, 9.17) is 9.47 Å². The first-order chi connectivity index (χ1) is 10.4. The molecule has 1 aliphatic heterocycles. The summed E-state index contributed by atoms with van der Waals surface area (Å²) in [5, 5.41) is 4.23. The van der Waals surface area contributed by atoms with Gasteiger partial charge in [0, 0.05) is 17.8 Å². The van der Waals surface area contributed by atoms with Gasteiger partial charge in [-0.3, -0.25) is 4.79 Å². The van der Waals surface area contributed by atoms with E-state index in [1.165, 1.54) is 0 Å². The highest BCUT2D eigenvalue weighted by atomic mass is 16.6. The van der Waals surface area contributed by atoms with Crippen LogP contribution < -0.4 is 0 Å². The molecule has 2 aromatic heterocycles. The molecule has 1 saturated heterocycles. The molecule has 0 spiro atoms. The van der Waals surface area contributed by atoms with Crippen molar-refractivity contribution in [3.05, 3.63) is 23.3 Å². The van der Waals surface area contributed by atoms with Crippen molar-refractivity contribution in [3.63, 3.8) is 0 Å². The van der Waals surface area contributed by atoms with Crippen LogP contribution in [0.25, 0.3) is 5.78 Å². The maximum absolute atomic E-state index is 11.9. The Morgan fingerprint density at radius 1 is 1.45 bits per heavy atom. The lowest BCUT2D eigenvalue weighted by atomic mass is 10.2. The van der Waals surface area contributed by atoms with Crippen LogP contribution >= 0.6 is 0 Å². The van der Waals surface area contributed by atoms with Crippen LogP contribution in [0.4, 0.5) is 0 Å². The van der Waals surface area contributed by atoms with E-state index in [2.05, 4.69) is 15.1 Å². The monoisotopic (exact) mass is 304 g/mol. The summed E-state index contributed by atoms with van der Waals surface area (Å²) in [5.41, 5.74) is 1.71. The normalized spacial score (nSPS) is 21.1. The van der Waals surface area contributed by atoms with E-state index in [1.54, 1.807) is 11.4 Å². The number of aromatic nitrogens is 4. The molecular weight excluding hydrogens is 288 g/mol. The van der Waals surface area contributed by atoms with Crippen molar-refractivity contribution in [1.82, 2.24) is 19.6 Å². The summed E-state index contributed by atoms with van der Waals surface area (Å²) in [6.07, 6.45) is -0.793. The molecule has 1 aliphatic rings. The van der Waals surface area contributed by atoms with Crippen LogP contribution in [0.5, 0.6) is 0 Å². The Morgan fingerprint density at radius 2 is 2.23 bits per heavy atom. The third-order valence-electron chi connectivity index (χ3n) is 3.36. The number of carbonyl (C=O) groups excluding carboxylic acids is 2. The molecular formula is C14H16N4O4. The molecule has 0 bridgehead atoms. The van der Waals surface area contributed by atoms with Crippen molar-refractivity contribution in [2.24, 2.45) is 0 Å². The Balaban J connectivity index is 1.72. The molecule has 0 radical (unpaired) electrons.